The predicted molar refractivity (Wildman–Crippen MR) is 103 cm³/mol. The molecule has 0 N–H and O–H groups in total. The molecule has 1 aromatic rings. The van der Waals surface area contributed by atoms with Crippen LogP contribution in [0.5, 0.6) is 0 Å². The third-order valence-electron chi connectivity index (χ3n) is 5.45. The third kappa shape index (κ3) is 6.91. The second-order valence-electron chi connectivity index (χ2n) is 7.41. The minimum atomic E-state index is 0.751. The van der Waals surface area contributed by atoms with Crippen molar-refractivity contribution in [2.24, 2.45) is 11.8 Å². The van der Waals surface area contributed by atoms with Gasteiger partial charge in [-0.1, -0.05) is 63.3 Å². The van der Waals surface area contributed by atoms with Gasteiger partial charge < -0.3 is 0 Å². The van der Waals surface area contributed by atoms with Crippen molar-refractivity contribution in [3.63, 3.8) is 0 Å². The molecule has 1 aliphatic carbocycles. The maximum Gasteiger partial charge on any atom is 0.0991 e. The summed E-state index contributed by atoms with van der Waals surface area (Å²) in [7, 11) is 0. The normalized spacial score (nSPS) is 21.0. The molecular formula is C23H33N. The lowest BCUT2D eigenvalue weighted by Crippen LogP contribution is -2.13. The Bertz CT molecular complexity index is 512. The Hall–Kier alpha value is -1.55. The first-order chi connectivity index (χ1) is 11.8. The summed E-state index contributed by atoms with van der Waals surface area (Å²) in [5.41, 5.74) is 2.08. The van der Waals surface area contributed by atoms with Gasteiger partial charge in [-0.2, -0.15) is 5.26 Å². The van der Waals surface area contributed by atoms with E-state index in [0.29, 0.717) is 0 Å². The van der Waals surface area contributed by atoms with E-state index in [2.05, 4.69) is 37.3 Å². The molecule has 0 radical (unpaired) electrons. The summed E-state index contributed by atoms with van der Waals surface area (Å²) >= 11 is 0. The molecule has 0 bridgehead atoms. The fraction of sp³-hybridized carbons (Fsp3) is 0.609. The van der Waals surface area contributed by atoms with Crippen LogP contribution in [-0.2, 0) is 6.42 Å². The zero-order valence-corrected chi connectivity index (χ0v) is 15.3. The van der Waals surface area contributed by atoms with Gasteiger partial charge in [-0.25, -0.2) is 0 Å². The quantitative estimate of drug-likeness (QED) is 0.361. The summed E-state index contributed by atoms with van der Waals surface area (Å²) in [4.78, 5) is 0. The van der Waals surface area contributed by atoms with Crippen LogP contribution in [0.15, 0.2) is 36.4 Å². The van der Waals surface area contributed by atoms with Crippen LogP contribution in [-0.4, -0.2) is 0 Å². The Labute approximate surface area is 148 Å². The maximum absolute atomic E-state index is 8.82. The fourth-order valence-electron chi connectivity index (χ4n) is 3.81. The molecule has 0 atom stereocenters. The number of hydrogen-bond donors (Lipinski definition) is 0. The maximum atomic E-state index is 8.82. The summed E-state index contributed by atoms with van der Waals surface area (Å²) in [5.74, 6) is 1.82. The number of hydrogen-bond acceptors (Lipinski definition) is 1. The van der Waals surface area contributed by atoms with E-state index < -0.39 is 0 Å². The molecule has 0 amide bonds. The van der Waals surface area contributed by atoms with Gasteiger partial charge in [-0.05, 0) is 68.1 Å². The van der Waals surface area contributed by atoms with Crippen LogP contribution in [0.25, 0.3) is 0 Å². The monoisotopic (exact) mass is 323 g/mol. The minimum Gasteiger partial charge on any atom is -0.192 e. The van der Waals surface area contributed by atoms with Crippen LogP contribution in [0.1, 0.15) is 82.3 Å². The standard InChI is InChI=1S/C23H33N/c1-2-3-4-5-8-20-11-13-21(14-12-20)9-6-7-10-22-15-17-23(19-24)18-16-22/h6,9,15-18,20-21H,2-5,7-8,10-14H2,1H3/t20-,21-. The lowest BCUT2D eigenvalue weighted by atomic mass is 9.79. The second kappa shape index (κ2) is 11.1. The number of allylic oxidation sites excluding steroid dienone is 2. The highest BCUT2D eigenvalue weighted by atomic mass is 14.2. The van der Waals surface area contributed by atoms with Crippen LogP contribution in [0, 0.1) is 23.2 Å². The molecule has 1 heteroatoms. The lowest BCUT2D eigenvalue weighted by molar-refractivity contribution is 0.288. The molecule has 24 heavy (non-hydrogen) atoms. The SMILES string of the molecule is CCCCCC[C@H]1CC[C@H](C=CCCc2ccc(C#N)cc2)CC1. The van der Waals surface area contributed by atoms with Crippen molar-refractivity contribution in [2.45, 2.75) is 77.6 Å². The van der Waals surface area contributed by atoms with Crippen LogP contribution >= 0.6 is 0 Å². The first-order valence-electron chi connectivity index (χ1n) is 9.97. The topological polar surface area (TPSA) is 23.8 Å². The Balaban J connectivity index is 1.59. The molecule has 1 nitrogen and oxygen atoms in total. The van der Waals surface area contributed by atoms with Crippen molar-refractivity contribution >= 4 is 0 Å². The summed E-state index contributed by atoms with van der Waals surface area (Å²) in [6.45, 7) is 2.29. The van der Waals surface area contributed by atoms with E-state index in [9.17, 15) is 0 Å². The number of nitrogens with zero attached hydrogens (tertiary/aromatic N) is 1. The Morgan fingerprint density at radius 1 is 1.04 bits per heavy atom. The van der Waals surface area contributed by atoms with Gasteiger partial charge in [0.2, 0.25) is 0 Å². The van der Waals surface area contributed by atoms with Crippen LogP contribution < -0.4 is 0 Å². The molecule has 0 aliphatic heterocycles. The molecule has 0 heterocycles. The van der Waals surface area contributed by atoms with Gasteiger partial charge in [0.25, 0.3) is 0 Å². The van der Waals surface area contributed by atoms with E-state index in [4.69, 9.17) is 5.26 Å². The van der Waals surface area contributed by atoms with Gasteiger partial charge in [0.15, 0.2) is 0 Å². The van der Waals surface area contributed by atoms with Crippen molar-refractivity contribution < 1.29 is 0 Å². The molecule has 0 unspecified atom stereocenters. The summed E-state index contributed by atoms with van der Waals surface area (Å²) in [6, 6.07) is 10.2. The highest BCUT2D eigenvalue weighted by Crippen LogP contribution is 2.32. The van der Waals surface area contributed by atoms with E-state index >= 15 is 0 Å². The molecular weight excluding hydrogens is 290 g/mol. The van der Waals surface area contributed by atoms with Crippen LogP contribution in [0.2, 0.25) is 0 Å². The molecule has 1 saturated carbocycles. The molecule has 2 rings (SSSR count). The lowest BCUT2D eigenvalue weighted by Gasteiger charge is -2.26. The van der Waals surface area contributed by atoms with Gasteiger partial charge in [0.1, 0.15) is 0 Å². The van der Waals surface area contributed by atoms with Gasteiger partial charge in [0, 0.05) is 0 Å². The van der Waals surface area contributed by atoms with Crippen molar-refractivity contribution in [1.82, 2.24) is 0 Å². The van der Waals surface area contributed by atoms with Crippen molar-refractivity contribution in [2.75, 3.05) is 0 Å². The van der Waals surface area contributed by atoms with E-state index in [1.807, 2.05) is 12.1 Å². The fourth-order valence-corrected chi connectivity index (χ4v) is 3.81. The number of unbranched alkanes of at least 4 members (excludes halogenated alkanes) is 3. The zero-order valence-electron chi connectivity index (χ0n) is 15.3. The van der Waals surface area contributed by atoms with Gasteiger partial charge in [-0.15, -0.1) is 0 Å². The largest absolute Gasteiger partial charge is 0.192 e. The van der Waals surface area contributed by atoms with Crippen LogP contribution in [0.4, 0.5) is 0 Å². The number of aryl methyl sites for hydroxylation is 1. The van der Waals surface area contributed by atoms with Gasteiger partial charge >= 0.3 is 0 Å². The van der Waals surface area contributed by atoms with Crippen molar-refractivity contribution in [3.05, 3.63) is 47.5 Å². The first-order valence-corrected chi connectivity index (χ1v) is 9.97. The predicted octanol–water partition coefficient (Wildman–Crippen LogP) is 6.82. The third-order valence-corrected chi connectivity index (χ3v) is 5.45. The molecule has 1 fully saturated rings. The molecule has 1 aromatic carbocycles. The van der Waals surface area contributed by atoms with Crippen LogP contribution in [0.3, 0.4) is 0 Å². The first kappa shape index (κ1) is 18.8. The highest BCUT2D eigenvalue weighted by Gasteiger charge is 2.18. The van der Waals surface area contributed by atoms with E-state index in [-0.39, 0.29) is 0 Å². The van der Waals surface area contributed by atoms with Crippen molar-refractivity contribution in [1.29, 1.82) is 5.26 Å². The smallest absolute Gasteiger partial charge is 0.0991 e. The summed E-state index contributed by atoms with van der Waals surface area (Å²) in [5, 5.41) is 8.82. The van der Waals surface area contributed by atoms with Crippen molar-refractivity contribution in [3.8, 4) is 6.07 Å². The Morgan fingerprint density at radius 2 is 1.79 bits per heavy atom. The average molecular weight is 324 g/mol. The Morgan fingerprint density at radius 3 is 2.46 bits per heavy atom. The van der Waals surface area contributed by atoms with E-state index in [0.717, 1.165) is 30.2 Å². The molecule has 0 aromatic heterocycles. The molecule has 0 spiro atoms. The average Bonchev–Trinajstić information content (AvgIpc) is 2.64. The molecule has 1 aliphatic rings. The zero-order chi connectivity index (χ0) is 17.0. The van der Waals surface area contributed by atoms with Gasteiger partial charge in [0.05, 0.1) is 11.6 Å². The summed E-state index contributed by atoms with van der Waals surface area (Å²) < 4.78 is 0. The molecule has 0 saturated heterocycles. The number of rotatable bonds is 9. The number of nitriles is 1. The second-order valence-corrected chi connectivity index (χ2v) is 7.41. The van der Waals surface area contributed by atoms with E-state index in [1.54, 1.807) is 0 Å². The van der Waals surface area contributed by atoms with E-state index in [1.165, 1.54) is 63.4 Å². The Kier molecular flexibility index (Phi) is 8.67. The van der Waals surface area contributed by atoms with Gasteiger partial charge in [-0.3, -0.25) is 0 Å². The minimum absolute atomic E-state index is 0.751. The highest BCUT2D eigenvalue weighted by molar-refractivity contribution is 5.31. The molecule has 130 valence electrons. The number of benzene rings is 1. The summed E-state index contributed by atoms with van der Waals surface area (Å²) in [6.07, 6.45) is 19.8.